The topological polar surface area (TPSA) is 111 Å². The van der Waals surface area contributed by atoms with Crippen molar-refractivity contribution in [3.63, 3.8) is 0 Å². The van der Waals surface area contributed by atoms with E-state index in [9.17, 15) is 20.1 Å². The Bertz CT molecular complexity index is 1630. The summed E-state index contributed by atoms with van der Waals surface area (Å²) in [5.74, 6) is -0.580. The van der Waals surface area contributed by atoms with E-state index in [2.05, 4.69) is 5.32 Å². The Labute approximate surface area is 289 Å². The van der Waals surface area contributed by atoms with Crippen LogP contribution in [0.3, 0.4) is 0 Å². The van der Waals surface area contributed by atoms with Gasteiger partial charge in [0.2, 0.25) is 0 Å². The van der Waals surface area contributed by atoms with Gasteiger partial charge in [0, 0.05) is 31.6 Å². The number of nitrogens with zero attached hydrogens (tertiary/aromatic N) is 1. The third-order valence-corrected chi connectivity index (χ3v) is 8.54. The third-order valence-electron chi connectivity index (χ3n) is 8.02. The molecule has 0 radical (unpaired) electrons. The number of nitrogens with one attached hydrogen (secondary N) is 1. The maximum absolute atomic E-state index is 12.0. The summed E-state index contributed by atoms with van der Waals surface area (Å²) in [6.07, 6.45) is -1.28. The van der Waals surface area contributed by atoms with Gasteiger partial charge in [-0.2, -0.15) is 0 Å². The highest BCUT2D eigenvalue weighted by Crippen LogP contribution is 2.39. The molecule has 8 nitrogen and oxygen atoms in total. The van der Waals surface area contributed by atoms with E-state index in [0.717, 1.165) is 33.4 Å². The number of halogens is 3. The lowest BCUT2D eigenvalue weighted by Gasteiger charge is -2.38. The first-order chi connectivity index (χ1) is 22.5. The number of ether oxygens (including phenoxy) is 2. The zero-order valence-corrected chi connectivity index (χ0v) is 28.0. The molecule has 0 saturated carbocycles. The second kappa shape index (κ2) is 15.8. The Balaban J connectivity index is 1.30. The number of benzene rings is 4. The van der Waals surface area contributed by atoms with E-state index >= 15 is 0 Å². The minimum atomic E-state index is -2.03. The second-order valence-electron chi connectivity index (χ2n) is 11.7. The molecule has 5 rings (SSSR count). The molecular weight excluding hydrogens is 663 g/mol. The number of hydrogen-bond acceptors (Lipinski definition) is 7. The molecule has 0 spiro atoms. The molecule has 1 saturated heterocycles. The third kappa shape index (κ3) is 9.69. The Kier molecular flexibility index (Phi) is 11.8. The van der Waals surface area contributed by atoms with Crippen molar-refractivity contribution in [2.45, 2.75) is 48.0 Å². The molecule has 11 heteroatoms. The first-order valence-corrected chi connectivity index (χ1v) is 16.3. The summed E-state index contributed by atoms with van der Waals surface area (Å²) in [7, 11) is 1.93. The van der Waals surface area contributed by atoms with Crippen LogP contribution in [0.5, 0.6) is 5.75 Å². The Hall–Kier alpha value is -3.18. The SMILES string of the molecule is CN(CC1CC(c2ccc(CO)cc2)OC(c2ccc(-c3cccc(CNC(=O)C(Cl)(Cl)Cl)c3)cc2)O1)CC(O)c1cccc(O)c1. The van der Waals surface area contributed by atoms with Gasteiger partial charge in [0.05, 0.1) is 24.9 Å². The van der Waals surface area contributed by atoms with Crippen molar-refractivity contribution in [3.8, 4) is 16.9 Å². The number of rotatable bonds is 11. The van der Waals surface area contributed by atoms with E-state index < -0.39 is 22.1 Å². The molecule has 4 unspecified atom stereocenters. The van der Waals surface area contributed by atoms with Crippen LogP contribution < -0.4 is 5.32 Å². The molecule has 0 aromatic heterocycles. The molecule has 1 aliphatic heterocycles. The number of phenolic OH excluding ortho intramolecular Hbond substituents is 1. The van der Waals surface area contributed by atoms with Gasteiger partial charge in [0.1, 0.15) is 5.75 Å². The van der Waals surface area contributed by atoms with Crippen molar-refractivity contribution >= 4 is 40.7 Å². The standard InChI is InChI=1S/C36H37Cl3N2O6/c1-41(21-32(44)29-6-3-7-30(43)17-29)20-31-18-33(26-10-8-23(22-42)9-11-26)47-34(46-31)27-14-12-25(13-15-27)28-5-2-4-24(16-28)19-40-35(45)36(37,38)39/h2-17,31-34,42-44H,18-22H2,1H3,(H,40,45). The number of carbonyl (C=O) groups excluding carboxylic acids is 1. The summed E-state index contributed by atoms with van der Waals surface area (Å²) < 4.78 is 11.0. The van der Waals surface area contributed by atoms with Crippen LogP contribution in [0.1, 0.15) is 52.7 Å². The van der Waals surface area contributed by atoms with Crippen LogP contribution in [0, 0.1) is 0 Å². The van der Waals surface area contributed by atoms with Crippen LogP contribution in [-0.4, -0.2) is 56.2 Å². The predicted octanol–water partition coefficient (Wildman–Crippen LogP) is 6.75. The molecule has 4 aromatic rings. The number of phenols is 1. The number of aliphatic hydroxyl groups excluding tert-OH is 2. The fraction of sp³-hybridized carbons (Fsp3) is 0.306. The molecule has 248 valence electrons. The van der Waals surface area contributed by atoms with Crippen molar-refractivity contribution in [1.29, 1.82) is 0 Å². The Morgan fingerprint density at radius 3 is 2.30 bits per heavy atom. The molecular formula is C36H37Cl3N2O6. The minimum Gasteiger partial charge on any atom is -0.508 e. The summed E-state index contributed by atoms with van der Waals surface area (Å²) in [6.45, 7) is 1.07. The van der Waals surface area contributed by atoms with Crippen LogP contribution in [0.2, 0.25) is 0 Å². The van der Waals surface area contributed by atoms with Crippen molar-refractivity contribution < 1.29 is 29.6 Å². The summed E-state index contributed by atoms with van der Waals surface area (Å²) in [4.78, 5) is 14.0. The number of amides is 1. The molecule has 4 aromatic carbocycles. The number of alkyl halides is 3. The van der Waals surface area contributed by atoms with Gasteiger partial charge in [-0.1, -0.05) is 114 Å². The molecule has 4 atom stereocenters. The van der Waals surface area contributed by atoms with Gasteiger partial charge in [-0.05, 0) is 58.6 Å². The zero-order chi connectivity index (χ0) is 33.6. The van der Waals surface area contributed by atoms with E-state index in [1.54, 1.807) is 24.3 Å². The monoisotopic (exact) mass is 698 g/mol. The Morgan fingerprint density at radius 1 is 0.915 bits per heavy atom. The number of aromatic hydroxyl groups is 1. The highest BCUT2D eigenvalue weighted by molar-refractivity contribution is 6.76. The van der Waals surface area contributed by atoms with Gasteiger partial charge in [-0.3, -0.25) is 4.79 Å². The van der Waals surface area contributed by atoms with Crippen molar-refractivity contribution in [1.82, 2.24) is 10.2 Å². The molecule has 1 fully saturated rings. The lowest BCUT2D eigenvalue weighted by Crippen LogP contribution is -2.39. The van der Waals surface area contributed by atoms with Gasteiger partial charge >= 0.3 is 0 Å². The first-order valence-electron chi connectivity index (χ1n) is 15.2. The maximum atomic E-state index is 12.0. The fourth-order valence-electron chi connectivity index (χ4n) is 5.56. The van der Waals surface area contributed by atoms with E-state index in [1.807, 2.05) is 84.7 Å². The molecule has 0 aliphatic carbocycles. The van der Waals surface area contributed by atoms with Gasteiger partial charge < -0.3 is 35.0 Å². The molecule has 47 heavy (non-hydrogen) atoms. The molecule has 1 heterocycles. The first kappa shape index (κ1) is 35.1. The Morgan fingerprint density at radius 2 is 1.62 bits per heavy atom. The van der Waals surface area contributed by atoms with Crippen LogP contribution in [-0.2, 0) is 27.4 Å². The predicted molar refractivity (Wildman–Crippen MR) is 183 cm³/mol. The van der Waals surface area contributed by atoms with Crippen LogP contribution in [0.15, 0.2) is 97.1 Å². The van der Waals surface area contributed by atoms with Crippen LogP contribution in [0.4, 0.5) is 0 Å². The molecule has 1 aliphatic rings. The van der Waals surface area contributed by atoms with Gasteiger partial charge in [-0.25, -0.2) is 0 Å². The minimum absolute atomic E-state index is 0.0364. The molecule has 0 bridgehead atoms. The van der Waals surface area contributed by atoms with Gasteiger partial charge in [-0.15, -0.1) is 0 Å². The quantitative estimate of drug-likeness (QED) is 0.128. The summed E-state index contributed by atoms with van der Waals surface area (Å²) in [5, 5.41) is 32.8. The average Bonchev–Trinajstić information content (AvgIpc) is 3.06. The number of carbonyl (C=O) groups is 1. The van der Waals surface area contributed by atoms with Crippen LogP contribution >= 0.6 is 34.8 Å². The zero-order valence-electron chi connectivity index (χ0n) is 25.7. The lowest BCUT2D eigenvalue weighted by molar-refractivity contribution is -0.252. The summed E-state index contributed by atoms with van der Waals surface area (Å²) in [5.41, 5.74) is 6.07. The highest BCUT2D eigenvalue weighted by Gasteiger charge is 2.33. The average molecular weight is 700 g/mol. The number of aliphatic hydroxyl groups is 2. The molecule has 4 N–H and O–H groups in total. The maximum Gasteiger partial charge on any atom is 0.272 e. The van der Waals surface area contributed by atoms with E-state index in [-0.39, 0.29) is 31.1 Å². The lowest BCUT2D eigenvalue weighted by atomic mass is 9.99. The normalized spacial score (nSPS) is 19.0. The van der Waals surface area contributed by atoms with Crippen molar-refractivity contribution in [2.75, 3.05) is 20.1 Å². The van der Waals surface area contributed by atoms with Crippen molar-refractivity contribution in [3.05, 3.63) is 125 Å². The van der Waals surface area contributed by atoms with E-state index in [1.165, 1.54) is 0 Å². The second-order valence-corrected chi connectivity index (χ2v) is 14.0. The molecule has 1 amide bonds. The number of likely N-dealkylation sites (N-methyl/N-ethyl adjacent to an activating group) is 1. The van der Waals surface area contributed by atoms with Crippen molar-refractivity contribution in [2.24, 2.45) is 0 Å². The smallest absolute Gasteiger partial charge is 0.272 e. The number of hydrogen-bond donors (Lipinski definition) is 4. The van der Waals surface area contributed by atoms with E-state index in [4.69, 9.17) is 44.3 Å². The summed E-state index contributed by atoms with van der Waals surface area (Å²) in [6, 6.07) is 30.0. The largest absolute Gasteiger partial charge is 0.508 e. The van der Waals surface area contributed by atoms with Gasteiger partial charge in [0.15, 0.2) is 6.29 Å². The van der Waals surface area contributed by atoms with Gasteiger partial charge in [0.25, 0.3) is 9.70 Å². The highest BCUT2D eigenvalue weighted by atomic mass is 35.6. The van der Waals surface area contributed by atoms with Crippen LogP contribution in [0.25, 0.3) is 11.1 Å². The summed E-state index contributed by atoms with van der Waals surface area (Å²) >= 11 is 17.0. The van der Waals surface area contributed by atoms with E-state index in [0.29, 0.717) is 25.1 Å². The fourth-order valence-corrected chi connectivity index (χ4v) is 5.76.